The van der Waals surface area contributed by atoms with Gasteiger partial charge >= 0.3 is 5.97 Å². The van der Waals surface area contributed by atoms with Crippen LogP contribution in [-0.4, -0.2) is 26.3 Å². The van der Waals surface area contributed by atoms with Crippen LogP contribution in [0.1, 0.15) is 18.7 Å². The van der Waals surface area contributed by atoms with Gasteiger partial charge in [-0.15, -0.1) is 11.3 Å². The fraction of sp³-hybridized carbons (Fsp3) is 0.545. The molecule has 0 amide bonds. The van der Waals surface area contributed by atoms with Crippen LogP contribution >= 0.6 is 11.3 Å². The summed E-state index contributed by atoms with van der Waals surface area (Å²) in [5.74, 6) is -0.628. The zero-order valence-corrected chi connectivity index (χ0v) is 11.0. The molecule has 0 aliphatic rings. The van der Waals surface area contributed by atoms with Crippen LogP contribution in [0.25, 0.3) is 0 Å². The highest BCUT2D eigenvalue weighted by Crippen LogP contribution is 2.14. The maximum Gasteiger partial charge on any atom is 0.319 e. The van der Waals surface area contributed by atoms with Crippen molar-refractivity contribution in [3.63, 3.8) is 0 Å². The Morgan fingerprint density at radius 3 is 2.69 bits per heavy atom. The summed E-state index contributed by atoms with van der Waals surface area (Å²) in [6.07, 6.45) is 0.695. The van der Waals surface area contributed by atoms with Gasteiger partial charge in [0.1, 0.15) is 5.25 Å². The van der Waals surface area contributed by atoms with E-state index in [4.69, 9.17) is 5.11 Å². The molecule has 90 valence electrons. The average molecular weight is 260 g/mol. The van der Waals surface area contributed by atoms with E-state index in [1.807, 2.05) is 17.5 Å². The molecule has 0 spiro atoms. The van der Waals surface area contributed by atoms with E-state index in [9.17, 15) is 9.00 Å². The Morgan fingerprint density at radius 2 is 2.25 bits per heavy atom. The summed E-state index contributed by atoms with van der Waals surface area (Å²) in [5, 5.41) is 10.2. The number of hydrogen-bond donors (Lipinski definition) is 1. The first-order valence-electron chi connectivity index (χ1n) is 5.14. The van der Waals surface area contributed by atoms with Crippen LogP contribution < -0.4 is 0 Å². The Hall–Kier alpha value is -0.680. The maximum atomic E-state index is 11.9. The van der Waals surface area contributed by atoms with E-state index in [-0.39, 0.29) is 5.92 Å². The van der Waals surface area contributed by atoms with E-state index in [0.717, 1.165) is 4.88 Å². The highest BCUT2D eigenvalue weighted by Gasteiger charge is 2.27. The smallest absolute Gasteiger partial charge is 0.319 e. The van der Waals surface area contributed by atoms with Crippen molar-refractivity contribution in [1.29, 1.82) is 0 Å². The minimum Gasteiger partial charge on any atom is -0.480 e. The van der Waals surface area contributed by atoms with Crippen LogP contribution in [0.15, 0.2) is 17.5 Å². The van der Waals surface area contributed by atoms with Gasteiger partial charge in [-0.2, -0.15) is 0 Å². The summed E-state index contributed by atoms with van der Waals surface area (Å²) in [4.78, 5) is 12.1. The van der Waals surface area contributed by atoms with Crippen molar-refractivity contribution in [2.45, 2.75) is 25.5 Å². The van der Waals surface area contributed by atoms with Gasteiger partial charge < -0.3 is 5.11 Å². The number of aryl methyl sites for hydroxylation is 1. The topological polar surface area (TPSA) is 54.4 Å². The normalized spacial score (nSPS) is 14.9. The fourth-order valence-corrected chi connectivity index (χ4v) is 3.83. The van der Waals surface area contributed by atoms with Crippen LogP contribution in [-0.2, 0) is 22.0 Å². The molecule has 1 heterocycles. The van der Waals surface area contributed by atoms with Crippen LogP contribution in [0.2, 0.25) is 0 Å². The highest BCUT2D eigenvalue weighted by atomic mass is 32.2. The Bertz CT molecular complexity index is 357. The second kappa shape index (κ2) is 6.15. The second-order valence-electron chi connectivity index (χ2n) is 3.92. The molecular formula is C11H16O3S2. The molecule has 0 saturated carbocycles. The predicted octanol–water partition coefficient (Wildman–Crippen LogP) is 2.15. The molecule has 2 unspecified atom stereocenters. The van der Waals surface area contributed by atoms with Crippen molar-refractivity contribution >= 4 is 28.1 Å². The van der Waals surface area contributed by atoms with E-state index in [0.29, 0.717) is 12.2 Å². The molecule has 1 aromatic rings. The second-order valence-corrected chi connectivity index (χ2v) is 6.63. The van der Waals surface area contributed by atoms with E-state index in [1.54, 1.807) is 25.2 Å². The van der Waals surface area contributed by atoms with E-state index in [1.165, 1.54) is 0 Å². The quantitative estimate of drug-likeness (QED) is 0.852. The van der Waals surface area contributed by atoms with E-state index >= 15 is 0 Å². The molecule has 1 N–H and O–H groups in total. The van der Waals surface area contributed by atoms with Crippen LogP contribution in [0, 0.1) is 5.92 Å². The third kappa shape index (κ3) is 3.72. The van der Waals surface area contributed by atoms with Crippen molar-refractivity contribution in [3.05, 3.63) is 22.4 Å². The van der Waals surface area contributed by atoms with Gasteiger partial charge in [0.05, 0.1) is 0 Å². The largest absolute Gasteiger partial charge is 0.480 e. The zero-order valence-electron chi connectivity index (χ0n) is 9.38. The third-order valence-corrected chi connectivity index (χ3v) is 5.12. The molecule has 0 aliphatic heterocycles. The van der Waals surface area contributed by atoms with Crippen LogP contribution in [0.3, 0.4) is 0 Å². The molecule has 0 aromatic carbocycles. The molecule has 0 fully saturated rings. The maximum absolute atomic E-state index is 11.9. The summed E-state index contributed by atoms with van der Waals surface area (Å²) in [5.41, 5.74) is 0. The van der Waals surface area contributed by atoms with Gasteiger partial charge in [-0.05, 0) is 23.8 Å². The number of rotatable bonds is 6. The lowest BCUT2D eigenvalue weighted by Crippen LogP contribution is -2.32. The lowest BCUT2D eigenvalue weighted by Gasteiger charge is -2.15. The lowest BCUT2D eigenvalue weighted by molar-refractivity contribution is -0.137. The van der Waals surface area contributed by atoms with Crippen LogP contribution in [0.4, 0.5) is 0 Å². The molecule has 0 bridgehead atoms. The van der Waals surface area contributed by atoms with E-state index < -0.39 is 22.0 Å². The van der Waals surface area contributed by atoms with Crippen molar-refractivity contribution in [3.8, 4) is 0 Å². The molecule has 2 atom stereocenters. The average Bonchev–Trinajstić information content (AvgIpc) is 2.65. The van der Waals surface area contributed by atoms with Crippen LogP contribution in [0.5, 0.6) is 0 Å². The first kappa shape index (κ1) is 13.4. The predicted molar refractivity (Wildman–Crippen MR) is 67.3 cm³/mol. The number of aliphatic carboxylic acids is 1. The summed E-state index contributed by atoms with van der Waals surface area (Å²) in [6.45, 7) is 3.59. The van der Waals surface area contributed by atoms with Crippen molar-refractivity contribution < 1.29 is 14.1 Å². The number of carboxylic acid groups (broad SMARTS) is 1. The van der Waals surface area contributed by atoms with Gasteiger partial charge in [-0.3, -0.25) is 9.00 Å². The third-order valence-electron chi connectivity index (χ3n) is 2.26. The molecule has 5 heteroatoms. The van der Waals surface area contributed by atoms with Crippen molar-refractivity contribution in [1.82, 2.24) is 0 Å². The summed E-state index contributed by atoms with van der Waals surface area (Å²) >= 11 is 1.61. The standard InChI is InChI=1S/C11H16O3S2/c1-8(2)10(11(12)13)16(14)7-5-9-4-3-6-15-9/h3-4,6,8,10H,5,7H2,1-2H3,(H,12,13). The summed E-state index contributed by atoms with van der Waals surface area (Å²) in [6, 6.07) is 3.92. The molecule has 0 radical (unpaired) electrons. The van der Waals surface area contributed by atoms with Gasteiger partial charge in [0.25, 0.3) is 0 Å². The number of hydrogen-bond acceptors (Lipinski definition) is 3. The summed E-state index contributed by atoms with van der Waals surface area (Å²) in [7, 11) is -1.30. The zero-order chi connectivity index (χ0) is 12.1. The van der Waals surface area contributed by atoms with Gasteiger partial charge in [-0.1, -0.05) is 19.9 Å². The van der Waals surface area contributed by atoms with E-state index in [2.05, 4.69) is 0 Å². The number of carboxylic acids is 1. The molecule has 0 saturated heterocycles. The van der Waals surface area contributed by atoms with Gasteiger partial charge in [0.15, 0.2) is 0 Å². The van der Waals surface area contributed by atoms with Gasteiger partial charge in [-0.25, -0.2) is 0 Å². The molecule has 0 aliphatic carbocycles. The first-order valence-corrected chi connectivity index (χ1v) is 7.41. The lowest BCUT2D eigenvalue weighted by atomic mass is 10.1. The monoisotopic (exact) mass is 260 g/mol. The van der Waals surface area contributed by atoms with Gasteiger partial charge in [0.2, 0.25) is 0 Å². The fourth-order valence-electron chi connectivity index (χ4n) is 1.48. The van der Waals surface area contributed by atoms with Crippen molar-refractivity contribution in [2.75, 3.05) is 5.75 Å². The minimum absolute atomic E-state index is 0.0957. The SMILES string of the molecule is CC(C)C(C(=O)O)S(=O)CCc1cccs1. The number of carbonyl (C=O) groups is 1. The highest BCUT2D eigenvalue weighted by molar-refractivity contribution is 7.86. The molecule has 3 nitrogen and oxygen atoms in total. The Morgan fingerprint density at radius 1 is 1.56 bits per heavy atom. The Balaban J connectivity index is 2.53. The Labute approximate surface area is 102 Å². The van der Waals surface area contributed by atoms with Crippen molar-refractivity contribution in [2.24, 2.45) is 5.92 Å². The molecule has 1 rings (SSSR count). The summed E-state index contributed by atoms with van der Waals surface area (Å²) < 4.78 is 11.9. The molecular weight excluding hydrogens is 244 g/mol. The first-order chi connectivity index (χ1) is 7.52. The minimum atomic E-state index is -1.30. The molecule has 16 heavy (non-hydrogen) atoms. The van der Waals surface area contributed by atoms with Gasteiger partial charge in [0, 0.05) is 21.4 Å². The number of thiophene rings is 1. The Kier molecular flexibility index (Phi) is 5.15. The molecule has 1 aromatic heterocycles.